The van der Waals surface area contributed by atoms with Crippen molar-refractivity contribution in [2.75, 3.05) is 5.32 Å². The second-order valence-corrected chi connectivity index (χ2v) is 5.84. The quantitative estimate of drug-likeness (QED) is 0.726. The predicted molar refractivity (Wildman–Crippen MR) is 89.1 cm³/mol. The van der Waals surface area contributed by atoms with Gasteiger partial charge in [0.15, 0.2) is 0 Å². The van der Waals surface area contributed by atoms with Crippen molar-refractivity contribution in [2.24, 2.45) is 0 Å². The number of aryl methyl sites for hydroxylation is 2. The van der Waals surface area contributed by atoms with E-state index in [4.69, 9.17) is 23.2 Å². The highest BCUT2D eigenvalue weighted by atomic mass is 35.5. The number of benzene rings is 2. The molecule has 106 valence electrons. The minimum Gasteiger partial charge on any atom is -0.378 e. The molecule has 2 aromatic carbocycles. The van der Waals surface area contributed by atoms with Crippen LogP contribution in [0.15, 0.2) is 36.4 Å². The zero-order valence-electron chi connectivity index (χ0n) is 12.0. The lowest BCUT2D eigenvalue weighted by Crippen LogP contribution is -2.10. The van der Waals surface area contributed by atoms with E-state index in [-0.39, 0.29) is 6.04 Å². The van der Waals surface area contributed by atoms with Gasteiger partial charge in [0, 0.05) is 15.7 Å². The fraction of sp³-hybridized carbons (Fsp3) is 0.294. The highest BCUT2D eigenvalue weighted by Crippen LogP contribution is 2.31. The Morgan fingerprint density at radius 2 is 1.90 bits per heavy atom. The number of hydrogen-bond donors (Lipinski definition) is 1. The van der Waals surface area contributed by atoms with Crippen LogP contribution in [0, 0.1) is 6.92 Å². The molecule has 0 radical (unpaired) electrons. The molecular weight excluding hydrogens is 289 g/mol. The van der Waals surface area contributed by atoms with Crippen molar-refractivity contribution in [3.05, 3.63) is 63.1 Å². The van der Waals surface area contributed by atoms with E-state index in [2.05, 4.69) is 44.3 Å². The number of rotatable bonds is 4. The Hall–Kier alpha value is -1.18. The van der Waals surface area contributed by atoms with Crippen molar-refractivity contribution >= 4 is 28.9 Å². The van der Waals surface area contributed by atoms with Gasteiger partial charge in [-0.1, -0.05) is 48.3 Å². The van der Waals surface area contributed by atoms with Gasteiger partial charge in [0.25, 0.3) is 0 Å². The molecule has 0 aliphatic heterocycles. The molecule has 0 spiro atoms. The Labute approximate surface area is 130 Å². The Balaban J connectivity index is 2.32. The van der Waals surface area contributed by atoms with Crippen LogP contribution in [0.2, 0.25) is 10.0 Å². The van der Waals surface area contributed by atoms with E-state index in [1.165, 1.54) is 16.8 Å². The Morgan fingerprint density at radius 1 is 1.15 bits per heavy atom. The Kier molecular flexibility index (Phi) is 4.95. The molecule has 20 heavy (non-hydrogen) atoms. The van der Waals surface area contributed by atoms with Crippen LogP contribution in [0.25, 0.3) is 0 Å². The maximum Gasteiger partial charge on any atom is 0.0501 e. The van der Waals surface area contributed by atoms with E-state index in [0.717, 1.165) is 17.0 Å². The maximum atomic E-state index is 6.27. The summed E-state index contributed by atoms with van der Waals surface area (Å²) in [6.45, 7) is 6.38. The van der Waals surface area contributed by atoms with Crippen molar-refractivity contribution < 1.29 is 0 Å². The molecule has 0 aromatic heterocycles. The van der Waals surface area contributed by atoms with Crippen LogP contribution in [0.1, 0.15) is 36.6 Å². The molecule has 2 rings (SSSR count). The first-order chi connectivity index (χ1) is 9.52. The molecule has 0 fully saturated rings. The van der Waals surface area contributed by atoms with Gasteiger partial charge in [0.2, 0.25) is 0 Å². The third-order valence-corrected chi connectivity index (χ3v) is 4.10. The molecule has 1 N–H and O–H groups in total. The summed E-state index contributed by atoms with van der Waals surface area (Å²) in [6, 6.07) is 12.0. The van der Waals surface area contributed by atoms with Gasteiger partial charge in [0.1, 0.15) is 0 Å². The zero-order chi connectivity index (χ0) is 14.7. The van der Waals surface area contributed by atoms with Crippen molar-refractivity contribution in [1.82, 2.24) is 0 Å². The third-order valence-electron chi connectivity index (χ3n) is 3.53. The smallest absolute Gasteiger partial charge is 0.0501 e. The summed E-state index contributed by atoms with van der Waals surface area (Å²) in [5.74, 6) is 0. The molecule has 1 nitrogen and oxygen atoms in total. The Morgan fingerprint density at radius 3 is 2.60 bits per heavy atom. The highest BCUT2D eigenvalue weighted by molar-refractivity contribution is 6.33. The second-order valence-electron chi connectivity index (χ2n) is 4.99. The maximum absolute atomic E-state index is 6.27. The normalized spacial score (nSPS) is 12.2. The lowest BCUT2D eigenvalue weighted by atomic mass is 10.0. The van der Waals surface area contributed by atoms with Crippen LogP contribution in [-0.2, 0) is 6.42 Å². The van der Waals surface area contributed by atoms with Crippen LogP contribution in [-0.4, -0.2) is 0 Å². The third kappa shape index (κ3) is 3.28. The summed E-state index contributed by atoms with van der Waals surface area (Å²) in [6.07, 6.45) is 1.00. The summed E-state index contributed by atoms with van der Waals surface area (Å²) in [5, 5.41) is 5.01. The molecule has 1 unspecified atom stereocenters. The van der Waals surface area contributed by atoms with Gasteiger partial charge in [-0.2, -0.15) is 0 Å². The lowest BCUT2D eigenvalue weighted by molar-refractivity contribution is 0.877. The highest BCUT2D eigenvalue weighted by Gasteiger charge is 2.13. The zero-order valence-corrected chi connectivity index (χ0v) is 13.5. The molecule has 2 aromatic rings. The first-order valence-corrected chi connectivity index (χ1v) is 7.58. The number of para-hydroxylation sites is 1. The van der Waals surface area contributed by atoms with Gasteiger partial charge in [-0.3, -0.25) is 0 Å². The molecule has 0 bridgehead atoms. The molecule has 0 aliphatic carbocycles. The molecule has 0 saturated carbocycles. The summed E-state index contributed by atoms with van der Waals surface area (Å²) in [7, 11) is 0. The molecular formula is C17H19Cl2N. The average molecular weight is 308 g/mol. The monoisotopic (exact) mass is 307 g/mol. The number of halogens is 2. The number of nitrogens with one attached hydrogen (secondary N) is 1. The van der Waals surface area contributed by atoms with Gasteiger partial charge in [-0.15, -0.1) is 0 Å². The van der Waals surface area contributed by atoms with E-state index in [1.807, 2.05) is 18.2 Å². The van der Waals surface area contributed by atoms with Gasteiger partial charge >= 0.3 is 0 Å². The summed E-state index contributed by atoms with van der Waals surface area (Å²) in [4.78, 5) is 0. The minimum absolute atomic E-state index is 0.104. The SMILES string of the molecule is CCc1cccc(C)c1NC(C)c1cc(Cl)ccc1Cl. The Bertz CT molecular complexity index is 608. The lowest BCUT2D eigenvalue weighted by Gasteiger charge is -2.21. The van der Waals surface area contributed by atoms with Gasteiger partial charge < -0.3 is 5.32 Å². The van der Waals surface area contributed by atoms with Crippen LogP contribution in [0.4, 0.5) is 5.69 Å². The van der Waals surface area contributed by atoms with Crippen LogP contribution in [0.3, 0.4) is 0 Å². The summed E-state index contributed by atoms with van der Waals surface area (Å²) in [5.41, 5.74) is 4.77. The van der Waals surface area contributed by atoms with E-state index in [0.29, 0.717) is 5.02 Å². The van der Waals surface area contributed by atoms with Crippen molar-refractivity contribution in [1.29, 1.82) is 0 Å². The topological polar surface area (TPSA) is 12.0 Å². The second kappa shape index (κ2) is 6.51. The van der Waals surface area contributed by atoms with E-state index in [9.17, 15) is 0 Å². The average Bonchev–Trinajstić information content (AvgIpc) is 2.43. The van der Waals surface area contributed by atoms with Crippen molar-refractivity contribution in [3.8, 4) is 0 Å². The van der Waals surface area contributed by atoms with Crippen LogP contribution in [0.5, 0.6) is 0 Å². The molecule has 0 aliphatic rings. The predicted octanol–water partition coefficient (Wildman–Crippen LogP) is 6.04. The van der Waals surface area contributed by atoms with Gasteiger partial charge in [-0.05, 0) is 55.2 Å². The fourth-order valence-corrected chi connectivity index (χ4v) is 2.83. The van der Waals surface area contributed by atoms with Crippen molar-refractivity contribution in [3.63, 3.8) is 0 Å². The largest absolute Gasteiger partial charge is 0.378 e. The standard InChI is InChI=1S/C17H19Cl2N/c1-4-13-7-5-6-11(2)17(13)20-12(3)15-10-14(18)8-9-16(15)19/h5-10,12,20H,4H2,1-3H3. The summed E-state index contributed by atoms with van der Waals surface area (Å²) < 4.78 is 0. The van der Waals surface area contributed by atoms with Gasteiger partial charge in [-0.25, -0.2) is 0 Å². The molecule has 0 amide bonds. The number of anilines is 1. The number of hydrogen-bond acceptors (Lipinski definition) is 1. The molecule has 0 saturated heterocycles. The van der Waals surface area contributed by atoms with E-state index in [1.54, 1.807) is 0 Å². The van der Waals surface area contributed by atoms with E-state index < -0.39 is 0 Å². The first-order valence-electron chi connectivity index (χ1n) is 6.83. The van der Waals surface area contributed by atoms with Crippen LogP contribution < -0.4 is 5.32 Å². The van der Waals surface area contributed by atoms with E-state index >= 15 is 0 Å². The van der Waals surface area contributed by atoms with Gasteiger partial charge in [0.05, 0.1) is 6.04 Å². The molecule has 3 heteroatoms. The molecule has 1 atom stereocenters. The van der Waals surface area contributed by atoms with Crippen molar-refractivity contribution in [2.45, 2.75) is 33.2 Å². The summed E-state index contributed by atoms with van der Waals surface area (Å²) >= 11 is 12.3. The van der Waals surface area contributed by atoms with Crippen LogP contribution >= 0.6 is 23.2 Å². The minimum atomic E-state index is 0.104. The first kappa shape index (κ1) is 15.2. The molecule has 0 heterocycles. The fourth-order valence-electron chi connectivity index (χ4n) is 2.37.